The van der Waals surface area contributed by atoms with Crippen LogP contribution in [0.4, 0.5) is 0 Å². The minimum absolute atomic E-state index is 0.101. The van der Waals surface area contributed by atoms with Gasteiger partial charge >= 0.3 is 5.97 Å². The Morgan fingerprint density at radius 3 is 2.87 bits per heavy atom. The number of aromatic nitrogens is 2. The number of rotatable bonds is 4. The van der Waals surface area contributed by atoms with Crippen LogP contribution in [0.25, 0.3) is 0 Å². The molecule has 1 saturated heterocycles. The third kappa shape index (κ3) is 2.41. The van der Waals surface area contributed by atoms with E-state index in [4.69, 9.17) is 14.6 Å². The normalized spacial score (nSPS) is 23.5. The highest BCUT2D eigenvalue weighted by Crippen LogP contribution is 2.26. The number of carboxylic acids is 1. The average Bonchev–Trinajstić information content (AvgIpc) is 2.95. The van der Waals surface area contributed by atoms with Crippen molar-refractivity contribution < 1.29 is 19.4 Å². The fourth-order valence-electron chi connectivity index (χ4n) is 0.934. The Morgan fingerprint density at radius 1 is 1.67 bits per heavy atom. The zero-order chi connectivity index (χ0) is 10.9. The number of hydrogen-bond acceptors (Lipinski definition) is 5. The standard InChI is InChI=1S/C9H10N2O4/c1-9(5-15-9)4-14-7-3-10-6(2-11-7)8(12)13/h2-3H,4-5H2,1H3,(H,12,13). The highest BCUT2D eigenvalue weighted by atomic mass is 16.6. The van der Waals surface area contributed by atoms with Crippen LogP contribution in [0.3, 0.4) is 0 Å². The minimum atomic E-state index is -1.11. The van der Waals surface area contributed by atoms with Gasteiger partial charge in [0.25, 0.3) is 0 Å². The molecule has 1 fully saturated rings. The first-order valence-corrected chi connectivity index (χ1v) is 4.41. The zero-order valence-electron chi connectivity index (χ0n) is 8.14. The molecule has 0 bridgehead atoms. The lowest BCUT2D eigenvalue weighted by Gasteiger charge is -2.06. The van der Waals surface area contributed by atoms with E-state index in [1.807, 2.05) is 6.92 Å². The van der Waals surface area contributed by atoms with E-state index in [1.165, 1.54) is 6.20 Å². The van der Waals surface area contributed by atoms with Gasteiger partial charge in [-0.15, -0.1) is 0 Å². The third-order valence-electron chi connectivity index (χ3n) is 2.01. The quantitative estimate of drug-likeness (QED) is 0.721. The second-order valence-corrected chi connectivity index (χ2v) is 3.57. The molecule has 1 atom stereocenters. The van der Waals surface area contributed by atoms with Crippen molar-refractivity contribution in [2.75, 3.05) is 13.2 Å². The van der Waals surface area contributed by atoms with Crippen molar-refractivity contribution in [2.24, 2.45) is 0 Å². The molecule has 1 aliphatic rings. The summed E-state index contributed by atoms with van der Waals surface area (Å²) in [5.74, 6) is -0.803. The molecule has 0 saturated carbocycles. The lowest BCUT2D eigenvalue weighted by atomic mass is 10.2. The number of carbonyl (C=O) groups is 1. The molecule has 80 valence electrons. The summed E-state index contributed by atoms with van der Waals surface area (Å²) in [6, 6.07) is 0. The van der Waals surface area contributed by atoms with Gasteiger partial charge in [-0.2, -0.15) is 0 Å². The summed E-state index contributed by atoms with van der Waals surface area (Å²) in [6.45, 7) is 2.99. The van der Waals surface area contributed by atoms with E-state index in [2.05, 4.69) is 9.97 Å². The monoisotopic (exact) mass is 210 g/mol. The first-order chi connectivity index (χ1) is 7.09. The summed E-state index contributed by atoms with van der Waals surface area (Å²) in [5, 5.41) is 8.58. The van der Waals surface area contributed by atoms with Crippen LogP contribution in [0.2, 0.25) is 0 Å². The van der Waals surface area contributed by atoms with Crippen LogP contribution in [0.1, 0.15) is 17.4 Å². The number of hydrogen-bond donors (Lipinski definition) is 1. The van der Waals surface area contributed by atoms with E-state index < -0.39 is 5.97 Å². The number of ether oxygens (including phenoxy) is 2. The SMILES string of the molecule is CC1(COc2cnc(C(=O)O)cn2)CO1. The predicted octanol–water partition coefficient (Wildman–Crippen LogP) is 0.342. The summed E-state index contributed by atoms with van der Waals surface area (Å²) in [6.07, 6.45) is 2.45. The maximum atomic E-state index is 10.5. The largest absolute Gasteiger partial charge is 0.476 e. The van der Waals surface area contributed by atoms with Crippen molar-refractivity contribution in [1.29, 1.82) is 0 Å². The molecule has 0 spiro atoms. The van der Waals surface area contributed by atoms with Gasteiger partial charge in [0.2, 0.25) is 5.88 Å². The van der Waals surface area contributed by atoms with Crippen molar-refractivity contribution in [3.8, 4) is 5.88 Å². The van der Waals surface area contributed by atoms with E-state index in [-0.39, 0.29) is 11.3 Å². The van der Waals surface area contributed by atoms with Crippen molar-refractivity contribution >= 4 is 5.97 Å². The molecule has 0 radical (unpaired) electrons. The minimum Gasteiger partial charge on any atom is -0.476 e. The molecular weight excluding hydrogens is 200 g/mol. The average molecular weight is 210 g/mol. The summed E-state index contributed by atoms with van der Waals surface area (Å²) in [4.78, 5) is 18.0. The van der Waals surface area contributed by atoms with Crippen LogP contribution in [0, 0.1) is 0 Å². The van der Waals surface area contributed by atoms with Gasteiger partial charge in [-0.1, -0.05) is 0 Å². The second kappa shape index (κ2) is 3.47. The van der Waals surface area contributed by atoms with Crippen LogP contribution in [-0.4, -0.2) is 39.9 Å². The summed E-state index contributed by atoms with van der Waals surface area (Å²) in [7, 11) is 0. The molecule has 2 heterocycles. The van der Waals surface area contributed by atoms with Crippen LogP contribution in [0.15, 0.2) is 12.4 Å². The maximum Gasteiger partial charge on any atom is 0.356 e. The summed E-state index contributed by atoms with van der Waals surface area (Å²) < 4.78 is 10.4. The molecule has 1 aromatic heterocycles. The molecule has 0 aliphatic carbocycles. The molecule has 15 heavy (non-hydrogen) atoms. The molecule has 1 N–H and O–H groups in total. The summed E-state index contributed by atoms with van der Waals surface area (Å²) in [5.41, 5.74) is -0.316. The number of epoxide rings is 1. The van der Waals surface area contributed by atoms with E-state index >= 15 is 0 Å². The van der Waals surface area contributed by atoms with Crippen molar-refractivity contribution in [3.63, 3.8) is 0 Å². The van der Waals surface area contributed by atoms with Crippen molar-refractivity contribution in [1.82, 2.24) is 9.97 Å². The van der Waals surface area contributed by atoms with Crippen molar-refractivity contribution in [3.05, 3.63) is 18.1 Å². The fraction of sp³-hybridized carbons (Fsp3) is 0.444. The first-order valence-electron chi connectivity index (χ1n) is 4.41. The molecule has 1 aromatic rings. The molecule has 2 rings (SSSR count). The van der Waals surface area contributed by atoms with E-state index in [0.29, 0.717) is 19.1 Å². The highest BCUT2D eigenvalue weighted by molar-refractivity contribution is 5.84. The molecule has 0 amide bonds. The second-order valence-electron chi connectivity index (χ2n) is 3.57. The van der Waals surface area contributed by atoms with Crippen molar-refractivity contribution in [2.45, 2.75) is 12.5 Å². The smallest absolute Gasteiger partial charge is 0.356 e. The van der Waals surface area contributed by atoms with Crippen LogP contribution in [0.5, 0.6) is 5.88 Å². The molecule has 1 unspecified atom stereocenters. The zero-order valence-corrected chi connectivity index (χ0v) is 8.14. The third-order valence-corrected chi connectivity index (χ3v) is 2.01. The lowest BCUT2D eigenvalue weighted by Crippen LogP contribution is -2.17. The van der Waals surface area contributed by atoms with Gasteiger partial charge in [0.05, 0.1) is 19.0 Å². The molecule has 1 aliphatic heterocycles. The molecule has 6 nitrogen and oxygen atoms in total. The Kier molecular flexibility index (Phi) is 2.28. The van der Waals surface area contributed by atoms with E-state index in [1.54, 1.807) is 0 Å². The van der Waals surface area contributed by atoms with E-state index in [9.17, 15) is 4.79 Å². The van der Waals surface area contributed by atoms with Gasteiger partial charge in [0.15, 0.2) is 5.69 Å². The van der Waals surface area contributed by atoms with Crippen LogP contribution >= 0.6 is 0 Å². The van der Waals surface area contributed by atoms with Gasteiger partial charge in [0, 0.05) is 0 Å². The molecule has 0 aromatic carbocycles. The van der Waals surface area contributed by atoms with Gasteiger partial charge in [0.1, 0.15) is 12.2 Å². The van der Waals surface area contributed by atoms with Gasteiger partial charge in [-0.3, -0.25) is 0 Å². The first kappa shape index (κ1) is 9.85. The molecule has 6 heteroatoms. The Bertz CT molecular complexity index is 372. The Hall–Kier alpha value is -1.69. The Morgan fingerprint density at radius 2 is 2.40 bits per heavy atom. The number of aromatic carboxylic acids is 1. The maximum absolute atomic E-state index is 10.5. The highest BCUT2D eigenvalue weighted by Gasteiger charge is 2.40. The van der Waals surface area contributed by atoms with Crippen LogP contribution in [-0.2, 0) is 4.74 Å². The fourth-order valence-corrected chi connectivity index (χ4v) is 0.934. The Balaban J connectivity index is 1.95. The summed E-state index contributed by atoms with van der Waals surface area (Å²) >= 11 is 0. The van der Waals surface area contributed by atoms with Gasteiger partial charge in [-0.05, 0) is 6.92 Å². The van der Waals surface area contributed by atoms with Gasteiger partial charge < -0.3 is 14.6 Å². The van der Waals surface area contributed by atoms with Gasteiger partial charge in [-0.25, -0.2) is 14.8 Å². The number of nitrogens with zero attached hydrogens (tertiary/aromatic N) is 2. The number of carboxylic acid groups (broad SMARTS) is 1. The predicted molar refractivity (Wildman–Crippen MR) is 48.8 cm³/mol. The van der Waals surface area contributed by atoms with E-state index in [0.717, 1.165) is 6.20 Å². The lowest BCUT2D eigenvalue weighted by molar-refractivity contribution is 0.0689. The Labute approximate surface area is 85.9 Å². The van der Waals surface area contributed by atoms with Crippen LogP contribution < -0.4 is 4.74 Å². The molecular formula is C9H10N2O4. The topological polar surface area (TPSA) is 84.8 Å².